The van der Waals surface area contributed by atoms with Crippen molar-refractivity contribution in [1.82, 2.24) is 0 Å². The van der Waals surface area contributed by atoms with Gasteiger partial charge in [0.15, 0.2) is 0 Å². The molecule has 0 aromatic heterocycles. The molecule has 0 radical (unpaired) electrons. The van der Waals surface area contributed by atoms with Gasteiger partial charge in [0.1, 0.15) is 24.0 Å². The average Bonchev–Trinajstić information content (AvgIpc) is 2.45. The summed E-state index contributed by atoms with van der Waals surface area (Å²) in [5, 5.41) is 8.56. The van der Waals surface area contributed by atoms with Crippen molar-refractivity contribution in [2.45, 2.75) is 6.61 Å². The van der Waals surface area contributed by atoms with Gasteiger partial charge in [0, 0.05) is 17.7 Å². The van der Waals surface area contributed by atoms with Crippen LogP contribution in [0.25, 0.3) is 6.08 Å². The van der Waals surface area contributed by atoms with Crippen LogP contribution in [-0.2, 0) is 11.4 Å². The lowest BCUT2D eigenvalue weighted by Gasteiger charge is -2.08. The van der Waals surface area contributed by atoms with Gasteiger partial charge in [0.25, 0.3) is 0 Å². The van der Waals surface area contributed by atoms with Crippen molar-refractivity contribution in [2.24, 2.45) is 0 Å². The number of halogens is 2. The molecule has 3 nitrogen and oxygen atoms in total. The van der Waals surface area contributed by atoms with E-state index in [9.17, 15) is 13.6 Å². The van der Waals surface area contributed by atoms with Gasteiger partial charge in [-0.1, -0.05) is 12.1 Å². The highest BCUT2D eigenvalue weighted by Crippen LogP contribution is 2.17. The average molecular weight is 290 g/mol. The Balaban J connectivity index is 2.06. The first-order valence-corrected chi connectivity index (χ1v) is 6.12. The Morgan fingerprint density at radius 2 is 2.00 bits per heavy atom. The second-order valence-corrected chi connectivity index (χ2v) is 4.27. The van der Waals surface area contributed by atoms with E-state index in [1.165, 1.54) is 12.1 Å². The highest BCUT2D eigenvalue weighted by atomic mass is 19.1. The minimum atomic E-state index is -1.05. The normalized spacial score (nSPS) is 10.8. The van der Waals surface area contributed by atoms with Gasteiger partial charge in [0.2, 0.25) is 0 Å². The lowest BCUT2D eigenvalue weighted by Crippen LogP contribution is -1.99. The van der Waals surface area contributed by atoms with Crippen LogP contribution in [0.1, 0.15) is 11.1 Å². The topological polar surface area (TPSA) is 46.5 Å². The number of hydrogen-bond acceptors (Lipinski definition) is 2. The maximum atomic E-state index is 13.4. The van der Waals surface area contributed by atoms with Crippen molar-refractivity contribution in [3.8, 4) is 5.75 Å². The molecule has 0 fully saturated rings. The molecule has 0 heterocycles. The maximum absolute atomic E-state index is 13.4. The van der Waals surface area contributed by atoms with Crippen LogP contribution in [0.3, 0.4) is 0 Å². The standard InChI is InChI=1S/C16H12F2O3/c17-13-6-5-12(15(18)9-13)10-21-14-3-1-2-11(8-14)4-7-16(19)20/h1-9H,10H2,(H,19,20). The molecule has 108 valence electrons. The molecule has 0 amide bonds. The molecule has 5 heteroatoms. The van der Waals surface area contributed by atoms with Crippen molar-refractivity contribution in [3.63, 3.8) is 0 Å². The van der Waals surface area contributed by atoms with Crippen LogP contribution < -0.4 is 4.74 Å². The Morgan fingerprint density at radius 1 is 1.19 bits per heavy atom. The van der Waals surface area contributed by atoms with Gasteiger partial charge in [-0.05, 0) is 35.9 Å². The van der Waals surface area contributed by atoms with E-state index in [1.54, 1.807) is 24.3 Å². The Labute approximate surface area is 120 Å². The summed E-state index contributed by atoms with van der Waals surface area (Å²) in [5.74, 6) is -1.89. The van der Waals surface area contributed by atoms with E-state index in [-0.39, 0.29) is 12.2 Å². The summed E-state index contributed by atoms with van der Waals surface area (Å²) in [4.78, 5) is 10.4. The molecule has 0 bridgehead atoms. The molecule has 0 atom stereocenters. The number of carbonyl (C=O) groups is 1. The first kappa shape index (κ1) is 14.7. The summed E-state index contributed by atoms with van der Waals surface area (Å²) >= 11 is 0. The number of rotatable bonds is 5. The predicted molar refractivity (Wildman–Crippen MR) is 73.8 cm³/mol. The zero-order chi connectivity index (χ0) is 15.2. The SMILES string of the molecule is O=C(O)C=Cc1cccc(OCc2ccc(F)cc2F)c1. The number of ether oxygens (including phenoxy) is 1. The summed E-state index contributed by atoms with van der Waals surface area (Å²) in [6.07, 6.45) is 2.44. The summed E-state index contributed by atoms with van der Waals surface area (Å²) in [6.45, 7) is -0.0434. The number of benzene rings is 2. The van der Waals surface area contributed by atoms with Crippen LogP contribution >= 0.6 is 0 Å². The molecular weight excluding hydrogens is 278 g/mol. The summed E-state index contributed by atoms with van der Waals surface area (Å²) in [6, 6.07) is 9.97. The maximum Gasteiger partial charge on any atom is 0.328 e. The molecule has 2 aromatic carbocycles. The smallest absolute Gasteiger partial charge is 0.328 e. The molecule has 2 aromatic rings. The first-order chi connectivity index (χ1) is 10.0. The second-order valence-electron chi connectivity index (χ2n) is 4.27. The van der Waals surface area contributed by atoms with Crippen LogP contribution in [0, 0.1) is 11.6 Å². The van der Waals surface area contributed by atoms with Crippen LogP contribution in [0.15, 0.2) is 48.5 Å². The quantitative estimate of drug-likeness (QED) is 0.855. The minimum Gasteiger partial charge on any atom is -0.489 e. The van der Waals surface area contributed by atoms with Gasteiger partial charge >= 0.3 is 5.97 Å². The number of carboxylic acids is 1. The third-order valence-corrected chi connectivity index (χ3v) is 2.69. The van der Waals surface area contributed by atoms with Crippen molar-refractivity contribution in [3.05, 3.63) is 71.3 Å². The zero-order valence-electron chi connectivity index (χ0n) is 10.9. The highest BCUT2D eigenvalue weighted by molar-refractivity contribution is 5.85. The summed E-state index contributed by atoms with van der Waals surface area (Å²) < 4.78 is 31.6. The van der Waals surface area contributed by atoms with Crippen molar-refractivity contribution < 1.29 is 23.4 Å². The van der Waals surface area contributed by atoms with E-state index in [0.717, 1.165) is 18.2 Å². The van der Waals surface area contributed by atoms with Gasteiger partial charge in [-0.15, -0.1) is 0 Å². The van der Waals surface area contributed by atoms with E-state index in [1.807, 2.05) is 0 Å². The fourth-order valence-corrected chi connectivity index (χ4v) is 1.68. The molecule has 0 aliphatic carbocycles. The van der Waals surface area contributed by atoms with Crippen LogP contribution in [0.2, 0.25) is 0 Å². The van der Waals surface area contributed by atoms with Crippen LogP contribution in [0.4, 0.5) is 8.78 Å². The zero-order valence-corrected chi connectivity index (χ0v) is 10.9. The molecule has 2 rings (SSSR count). The monoisotopic (exact) mass is 290 g/mol. The van der Waals surface area contributed by atoms with Gasteiger partial charge in [0.05, 0.1) is 0 Å². The van der Waals surface area contributed by atoms with Crippen LogP contribution in [0.5, 0.6) is 5.75 Å². The first-order valence-electron chi connectivity index (χ1n) is 6.12. The van der Waals surface area contributed by atoms with Gasteiger partial charge in [-0.2, -0.15) is 0 Å². The molecule has 21 heavy (non-hydrogen) atoms. The molecule has 0 aliphatic heterocycles. The fraction of sp³-hybridized carbons (Fsp3) is 0.0625. The number of aliphatic carboxylic acids is 1. The Morgan fingerprint density at radius 3 is 2.71 bits per heavy atom. The molecule has 0 aliphatic rings. The molecule has 0 saturated heterocycles. The van der Waals surface area contributed by atoms with Crippen molar-refractivity contribution in [1.29, 1.82) is 0 Å². The lowest BCUT2D eigenvalue weighted by atomic mass is 10.2. The van der Waals surface area contributed by atoms with Crippen LogP contribution in [-0.4, -0.2) is 11.1 Å². The lowest BCUT2D eigenvalue weighted by molar-refractivity contribution is -0.131. The largest absolute Gasteiger partial charge is 0.489 e. The number of hydrogen-bond donors (Lipinski definition) is 1. The van der Waals surface area contributed by atoms with E-state index in [2.05, 4.69) is 0 Å². The van der Waals surface area contributed by atoms with E-state index in [0.29, 0.717) is 11.3 Å². The van der Waals surface area contributed by atoms with E-state index in [4.69, 9.17) is 9.84 Å². The molecule has 0 unspecified atom stereocenters. The third kappa shape index (κ3) is 4.42. The van der Waals surface area contributed by atoms with Crippen molar-refractivity contribution >= 4 is 12.0 Å². The molecule has 0 saturated carbocycles. The minimum absolute atomic E-state index is 0.0434. The van der Waals surface area contributed by atoms with Gasteiger partial charge in [-0.3, -0.25) is 0 Å². The molecule has 1 N–H and O–H groups in total. The Bertz CT molecular complexity index is 681. The van der Waals surface area contributed by atoms with Gasteiger partial charge in [-0.25, -0.2) is 13.6 Å². The van der Waals surface area contributed by atoms with E-state index >= 15 is 0 Å². The highest BCUT2D eigenvalue weighted by Gasteiger charge is 2.04. The third-order valence-electron chi connectivity index (χ3n) is 2.69. The summed E-state index contributed by atoms with van der Waals surface area (Å²) in [5.41, 5.74) is 0.886. The summed E-state index contributed by atoms with van der Waals surface area (Å²) in [7, 11) is 0. The fourth-order valence-electron chi connectivity index (χ4n) is 1.68. The van der Waals surface area contributed by atoms with Crippen molar-refractivity contribution in [2.75, 3.05) is 0 Å². The Kier molecular flexibility index (Phi) is 4.66. The Hall–Kier alpha value is -2.69. The molecule has 0 spiro atoms. The predicted octanol–water partition coefficient (Wildman–Crippen LogP) is 3.64. The molecular formula is C16H12F2O3. The van der Waals surface area contributed by atoms with Gasteiger partial charge < -0.3 is 9.84 Å². The second kappa shape index (κ2) is 6.65. The number of carboxylic acid groups (broad SMARTS) is 1. The van der Waals surface area contributed by atoms with E-state index < -0.39 is 17.6 Å².